The standard InChI is InChI=1S/C16H26N2O2/c1-18(13-14-6-5-9-17-12-14)10-11-20-16-8-4-3-7-15(16)19-2/h3-4,7-8,14,17H,5-6,9-13H2,1-2H3. The van der Waals surface area contributed by atoms with Gasteiger partial charge in [0.25, 0.3) is 0 Å². The topological polar surface area (TPSA) is 33.7 Å². The van der Waals surface area contributed by atoms with E-state index in [9.17, 15) is 0 Å². The van der Waals surface area contributed by atoms with Crippen LogP contribution in [0.2, 0.25) is 0 Å². The summed E-state index contributed by atoms with van der Waals surface area (Å²) in [5.41, 5.74) is 0. The van der Waals surface area contributed by atoms with Gasteiger partial charge in [0.2, 0.25) is 0 Å². The Labute approximate surface area is 122 Å². The Kier molecular flexibility index (Phi) is 6.15. The van der Waals surface area contributed by atoms with Gasteiger partial charge in [0, 0.05) is 13.1 Å². The lowest BCUT2D eigenvalue weighted by Crippen LogP contribution is -2.38. The molecule has 1 saturated heterocycles. The van der Waals surface area contributed by atoms with E-state index in [0.29, 0.717) is 6.61 Å². The van der Waals surface area contributed by atoms with Crippen molar-refractivity contribution in [1.82, 2.24) is 10.2 Å². The molecule has 1 aliphatic heterocycles. The monoisotopic (exact) mass is 278 g/mol. The number of likely N-dealkylation sites (N-methyl/N-ethyl adjacent to an activating group) is 1. The van der Waals surface area contributed by atoms with Gasteiger partial charge in [-0.2, -0.15) is 0 Å². The van der Waals surface area contributed by atoms with Crippen LogP contribution in [0.25, 0.3) is 0 Å². The molecular formula is C16H26N2O2. The van der Waals surface area contributed by atoms with Gasteiger partial charge >= 0.3 is 0 Å². The van der Waals surface area contributed by atoms with E-state index in [1.807, 2.05) is 24.3 Å². The summed E-state index contributed by atoms with van der Waals surface area (Å²) in [6.45, 7) is 5.10. The van der Waals surface area contributed by atoms with Crippen LogP contribution in [0, 0.1) is 5.92 Å². The highest BCUT2D eigenvalue weighted by molar-refractivity contribution is 5.39. The lowest BCUT2D eigenvalue weighted by Gasteiger charge is -2.27. The fourth-order valence-electron chi connectivity index (χ4n) is 2.66. The summed E-state index contributed by atoms with van der Waals surface area (Å²) in [5, 5.41) is 3.46. The van der Waals surface area contributed by atoms with Crippen LogP contribution in [0.15, 0.2) is 24.3 Å². The second-order valence-electron chi connectivity index (χ2n) is 5.47. The minimum absolute atomic E-state index is 0.691. The van der Waals surface area contributed by atoms with E-state index < -0.39 is 0 Å². The molecule has 1 aliphatic rings. The number of hydrogen-bond donors (Lipinski definition) is 1. The zero-order valence-electron chi connectivity index (χ0n) is 12.6. The van der Waals surface area contributed by atoms with Gasteiger partial charge < -0.3 is 19.7 Å². The predicted octanol–water partition coefficient (Wildman–Crippen LogP) is 2.01. The molecule has 4 heteroatoms. The summed E-state index contributed by atoms with van der Waals surface area (Å²) in [4.78, 5) is 2.35. The Morgan fingerprint density at radius 2 is 2.10 bits per heavy atom. The second-order valence-corrected chi connectivity index (χ2v) is 5.47. The van der Waals surface area contributed by atoms with E-state index in [4.69, 9.17) is 9.47 Å². The number of ether oxygens (including phenoxy) is 2. The number of nitrogens with one attached hydrogen (secondary N) is 1. The van der Waals surface area contributed by atoms with E-state index in [0.717, 1.165) is 37.1 Å². The van der Waals surface area contributed by atoms with Crippen molar-refractivity contribution >= 4 is 0 Å². The third-order valence-corrected chi connectivity index (χ3v) is 3.77. The Morgan fingerprint density at radius 1 is 1.30 bits per heavy atom. The van der Waals surface area contributed by atoms with Crippen molar-refractivity contribution in [2.75, 3.05) is 46.9 Å². The van der Waals surface area contributed by atoms with E-state index in [-0.39, 0.29) is 0 Å². The second kappa shape index (κ2) is 8.12. The van der Waals surface area contributed by atoms with Crippen molar-refractivity contribution in [3.05, 3.63) is 24.3 Å². The Bertz CT molecular complexity index is 392. The van der Waals surface area contributed by atoms with Crippen LogP contribution in [-0.4, -0.2) is 51.8 Å². The van der Waals surface area contributed by atoms with Gasteiger partial charge in [-0.15, -0.1) is 0 Å². The van der Waals surface area contributed by atoms with Crippen molar-refractivity contribution in [3.63, 3.8) is 0 Å². The van der Waals surface area contributed by atoms with E-state index in [1.165, 1.54) is 19.4 Å². The molecule has 0 saturated carbocycles. The molecular weight excluding hydrogens is 252 g/mol. The fourth-order valence-corrected chi connectivity index (χ4v) is 2.66. The molecule has 0 bridgehead atoms. The van der Waals surface area contributed by atoms with Crippen LogP contribution in [-0.2, 0) is 0 Å². The third-order valence-electron chi connectivity index (χ3n) is 3.77. The van der Waals surface area contributed by atoms with Crippen LogP contribution in [0.1, 0.15) is 12.8 Å². The van der Waals surface area contributed by atoms with Crippen LogP contribution in [0.4, 0.5) is 0 Å². The first-order chi connectivity index (χ1) is 9.79. The van der Waals surface area contributed by atoms with Crippen molar-refractivity contribution in [3.8, 4) is 11.5 Å². The van der Waals surface area contributed by atoms with Crippen LogP contribution >= 0.6 is 0 Å². The molecule has 1 atom stereocenters. The van der Waals surface area contributed by atoms with Gasteiger partial charge in [-0.3, -0.25) is 0 Å². The van der Waals surface area contributed by atoms with Gasteiger partial charge in [0.05, 0.1) is 7.11 Å². The number of hydrogen-bond acceptors (Lipinski definition) is 4. The van der Waals surface area contributed by atoms with Gasteiger partial charge in [-0.1, -0.05) is 12.1 Å². The Balaban J connectivity index is 1.69. The quantitative estimate of drug-likeness (QED) is 0.827. The van der Waals surface area contributed by atoms with Crippen molar-refractivity contribution in [2.24, 2.45) is 5.92 Å². The highest BCUT2D eigenvalue weighted by Crippen LogP contribution is 2.25. The van der Waals surface area contributed by atoms with Crippen LogP contribution in [0.5, 0.6) is 11.5 Å². The highest BCUT2D eigenvalue weighted by Gasteiger charge is 2.14. The molecule has 2 rings (SSSR count). The lowest BCUT2D eigenvalue weighted by atomic mass is 9.99. The smallest absolute Gasteiger partial charge is 0.161 e. The molecule has 112 valence electrons. The molecule has 0 amide bonds. The molecule has 0 aromatic heterocycles. The Morgan fingerprint density at radius 3 is 2.80 bits per heavy atom. The lowest BCUT2D eigenvalue weighted by molar-refractivity contribution is 0.197. The predicted molar refractivity (Wildman–Crippen MR) is 81.6 cm³/mol. The number of nitrogens with zero attached hydrogens (tertiary/aromatic N) is 1. The maximum absolute atomic E-state index is 5.81. The summed E-state index contributed by atoms with van der Waals surface area (Å²) in [5.74, 6) is 2.40. The zero-order chi connectivity index (χ0) is 14.2. The highest BCUT2D eigenvalue weighted by atomic mass is 16.5. The average molecular weight is 278 g/mol. The molecule has 20 heavy (non-hydrogen) atoms. The molecule has 0 aliphatic carbocycles. The fraction of sp³-hybridized carbons (Fsp3) is 0.625. The molecule has 1 aromatic carbocycles. The van der Waals surface area contributed by atoms with E-state index in [2.05, 4.69) is 17.3 Å². The molecule has 1 aromatic rings. The van der Waals surface area contributed by atoms with Crippen molar-refractivity contribution in [1.29, 1.82) is 0 Å². The molecule has 0 radical (unpaired) electrons. The first-order valence-corrected chi connectivity index (χ1v) is 7.44. The molecule has 4 nitrogen and oxygen atoms in total. The minimum Gasteiger partial charge on any atom is -0.493 e. The first kappa shape index (κ1) is 15.1. The van der Waals surface area contributed by atoms with Crippen LogP contribution in [0.3, 0.4) is 0 Å². The maximum atomic E-state index is 5.81. The maximum Gasteiger partial charge on any atom is 0.161 e. The van der Waals surface area contributed by atoms with Gasteiger partial charge in [0.1, 0.15) is 6.61 Å². The summed E-state index contributed by atoms with van der Waals surface area (Å²) >= 11 is 0. The van der Waals surface area contributed by atoms with Crippen molar-refractivity contribution in [2.45, 2.75) is 12.8 Å². The number of para-hydroxylation sites is 2. The summed E-state index contributed by atoms with van der Waals surface area (Å²) in [6, 6.07) is 7.79. The molecule has 1 N–H and O–H groups in total. The number of piperidine rings is 1. The minimum atomic E-state index is 0.691. The van der Waals surface area contributed by atoms with E-state index >= 15 is 0 Å². The van der Waals surface area contributed by atoms with E-state index in [1.54, 1.807) is 7.11 Å². The average Bonchev–Trinajstić information content (AvgIpc) is 2.49. The summed E-state index contributed by atoms with van der Waals surface area (Å²) < 4.78 is 11.1. The molecule has 1 unspecified atom stereocenters. The molecule has 1 fully saturated rings. The number of benzene rings is 1. The zero-order valence-corrected chi connectivity index (χ0v) is 12.6. The van der Waals surface area contributed by atoms with Gasteiger partial charge in [-0.05, 0) is 51.0 Å². The largest absolute Gasteiger partial charge is 0.493 e. The first-order valence-electron chi connectivity index (χ1n) is 7.44. The summed E-state index contributed by atoms with van der Waals surface area (Å²) in [7, 11) is 3.84. The Hall–Kier alpha value is -1.26. The van der Waals surface area contributed by atoms with Crippen molar-refractivity contribution < 1.29 is 9.47 Å². The normalized spacial score (nSPS) is 19.1. The molecule has 0 spiro atoms. The van der Waals surface area contributed by atoms with Crippen LogP contribution < -0.4 is 14.8 Å². The van der Waals surface area contributed by atoms with Gasteiger partial charge in [-0.25, -0.2) is 0 Å². The third kappa shape index (κ3) is 4.69. The number of methoxy groups -OCH3 is 1. The SMILES string of the molecule is COc1ccccc1OCCN(C)CC1CCCNC1. The molecule has 1 heterocycles. The number of rotatable bonds is 7. The van der Waals surface area contributed by atoms with Gasteiger partial charge in [0.15, 0.2) is 11.5 Å². The summed E-state index contributed by atoms with van der Waals surface area (Å²) in [6.07, 6.45) is 2.64.